The van der Waals surface area contributed by atoms with Gasteiger partial charge in [-0.2, -0.15) is 0 Å². The van der Waals surface area contributed by atoms with Crippen LogP contribution in [0.5, 0.6) is 0 Å². The largest absolute Gasteiger partial charge is 0.456 e. The van der Waals surface area contributed by atoms with E-state index in [0.29, 0.717) is 25.1 Å². The van der Waals surface area contributed by atoms with Gasteiger partial charge in [-0.15, -0.1) is 0 Å². The van der Waals surface area contributed by atoms with Crippen LogP contribution in [-0.4, -0.2) is 42.0 Å². The van der Waals surface area contributed by atoms with E-state index in [1.54, 1.807) is 6.07 Å². The minimum atomic E-state index is -0.159. The van der Waals surface area contributed by atoms with Crippen LogP contribution in [-0.2, 0) is 6.61 Å². The first-order valence-electron chi connectivity index (χ1n) is 6.42. The second-order valence-corrected chi connectivity index (χ2v) is 4.09. The second kappa shape index (κ2) is 15.8. The number of furan rings is 1. The predicted molar refractivity (Wildman–Crippen MR) is 76.4 cm³/mol. The lowest BCUT2D eigenvalue weighted by Gasteiger charge is -2.04. The lowest BCUT2D eigenvalue weighted by Crippen LogP contribution is -2.00. The van der Waals surface area contributed by atoms with Gasteiger partial charge < -0.3 is 19.7 Å². The average Bonchev–Trinajstić information content (AvgIpc) is 2.98. The van der Waals surface area contributed by atoms with Crippen molar-refractivity contribution in [1.82, 2.24) is 0 Å². The number of hydrogen-bond acceptors (Lipinski definition) is 5. The molecule has 0 aromatic carbocycles. The van der Waals surface area contributed by atoms with E-state index in [2.05, 4.69) is 0 Å². The predicted octanol–water partition coefficient (Wildman–Crippen LogP) is 2.19. The molecule has 1 heterocycles. The lowest BCUT2D eigenvalue weighted by molar-refractivity contribution is 0.109. The van der Waals surface area contributed by atoms with E-state index in [0.717, 1.165) is 19.3 Å². The normalized spacial score (nSPS) is 10.7. The fraction of sp³-hybridized carbons (Fsp3) is 0.643. The van der Waals surface area contributed by atoms with Crippen LogP contribution in [0.25, 0.3) is 0 Å². The lowest BCUT2D eigenvalue weighted by atomic mass is 10.1. The molecule has 1 aromatic rings. The SMILES string of the molecule is CC(CO)CCCCO.CF.O=Cc1ccc(CO)o1.[HH]. The highest BCUT2D eigenvalue weighted by Gasteiger charge is 1.97. The quantitative estimate of drug-likeness (QED) is 0.529. The first-order chi connectivity index (χ1) is 9.67. The van der Waals surface area contributed by atoms with Gasteiger partial charge in [0.15, 0.2) is 12.0 Å². The van der Waals surface area contributed by atoms with Crippen molar-refractivity contribution in [3.8, 4) is 0 Å². The number of unbranched alkanes of at least 4 members (excludes halogenated alkanes) is 1. The number of aliphatic hydroxyl groups is 3. The summed E-state index contributed by atoms with van der Waals surface area (Å²) >= 11 is 0. The van der Waals surface area contributed by atoms with E-state index in [9.17, 15) is 9.18 Å². The Morgan fingerprint density at radius 2 is 1.95 bits per heavy atom. The minimum absolute atomic E-state index is 0. The molecule has 0 spiro atoms. The molecule has 20 heavy (non-hydrogen) atoms. The van der Waals surface area contributed by atoms with E-state index in [1.165, 1.54) is 6.07 Å². The molecule has 0 aliphatic carbocycles. The number of aldehydes is 1. The maximum absolute atomic E-state index is 9.96. The molecule has 1 rings (SSSR count). The van der Waals surface area contributed by atoms with Crippen molar-refractivity contribution in [2.75, 3.05) is 20.4 Å². The molecule has 0 aliphatic heterocycles. The fourth-order valence-corrected chi connectivity index (χ4v) is 1.24. The fourth-order valence-electron chi connectivity index (χ4n) is 1.24. The van der Waals surface area contributed by atoms with Crippen LogP contribution in [0, 0.1) is 5.92 Å². The summed E-state index contributed by atoms with van der Waals surface area (Å²) in [5, 5.41) is 25.4. The van der Waals surface area contributed by atoms with Crippen LogP contribution in [0.3, 0.4) is 0 Å². The Bertz CT molecular complexity index is 320. The highest BCUT2D eigenvalue weighted by atomic mass is 19.1. The average molecular weight is 294 g/mol. The molecule has 1 aromatic heterocycles. The van der Waals surface area contributed by atoms with E-state index >= 15 is 0 Å². The Morgan fingerprint density at radius 3 is 2.30 bits per heavy atom. The standard InChI is InChI=1S/C7H16O2.C6H6O3.CH3F.H2/c1-7(6-9)4-2-3-5-8;7-3-5-1-2-6(4-8)9-5;1-2;/h7-9H,2-6H2,1H3;1-3,8H,4H2;1H3;1H. The first kappa shape index (κ1) is 21.1. The van der Waals surface area contributed by atoms with Crippen molar-refractivity contribution in [3.05, 3.63) is 23.7 Å². The third-order valence-electron chi connectivity index (χ3n) is 2.37. The van der Waals surface area contributed by atoms with Gasteiger partial charge in [-0.1, -0.05) is 13.3 Å². The van der Waals surface area contributed by atoms with Gasteiger partial charge in [-0.25, -0.2) is 0 Å². The van der Waals surface area contributed by atoms with Crippen molar-refractivity contribution in [1.29, 1.82) is 0 Å². The Hall–Kier alpha value is -1.24. The molecule has 0 aliphatic rings. The maximum atomic E-state index is 9.96. The molecule has 5 nitrogen and oxygen atoms in total. The molecule has 120 valence electrons. The van der Waals surface area contributed by atoms with Crippen molar-refractivity contribution in [2.24, 2.45) is 5.92 Å². The van der Waals surface area contributed by atoms with Gasteiger partial charge in [0, 0.05) is 14.6 Å². The molecule has 0 saturated heterocycles. The number of carbonyl (C=O) groups excluding carboxylic acids is 1. The van der Waals surface area contributed by atoms with Gasteiger partial charge in [0.05, 0.1) is 7.18 Å². The molecular formula is C14H27FO5. The number of aliphatic hydroxyl groups excluding tert-OH is 3. The highest BCUT2D eigenvalue weighted by molar-refractivity contribution is 5.70. The number of rotatable bonds is 7. The number of carbonyl (C=O) groups is 1. The Labute approximate surface area is 120 Å². The number of halogens is 1. The van der Waals surface area contributed by atoms with Crippen LogP contribution in [0.2, 0.25) is 0 Å². The monoisotopic (exact) mass is 294 g/mol. The zero-order chi connectivity index (χ0) is 15.8. The zero-order valence-electron chi connectivity index (χ0n) is 12.1. The summed E-state index contributed by atoms with van der Waals surface area (Å²) in [6.45, 7) is 2.40. The third-order valence-corrected chi connectivity index (χ3v) is 2.37. The maximum Gasteiger partial charge on any atom is 0.185 e. The van der Waals surface area contributed by atoms with Crippen molar-refractivity contribution >= 4 is 6.29 Å². The van der Waals surface area contributed by atoms with Gasteiger partial charge in [0.1, 0.15) is 12.4 Å². The van der Waals surface area contributed by atoms with Crippen LogP contribution in [0.1, 0.15) is 43.9 Å². The van der Waals surface area contributed by atoms with Gasteiger partial charge in [-0.05, 0) is 30.9 Å². The van der Waals surface area contributed by atoms with Gasteiger partial charge >= 0.3 is 0 Å². The summed E-state index contributed by atoms with van der Waals surface area (Å²) in [7, 11) is 0.500. The molecule has 0 radical (unpaired) electrons. The van der Waals surface area contributed by atoms with E-state index < -0.39 is 0 Å². The summed E-state index contributed by atoms with van der Waals surface area (Å²) in [6, 6.07) is 3.07. The van der Waals surface area contributed by atoms with Gasteiger partial charge in [0.25, 0.3) is 0 Å². The zero-order valence-corrected chi connectivity index (χ0v) is 12.1. The minimum Gasteiger partial charge on any atom is -0.456 e. The smallest absolute Gasteiger partial charge is 0.185 e. The Kier molecular flexibility index (Phi) is 16.7. The highest BCUT2D eigenvalue weighted by Crippen LogP contribution is 2.05. The topological polar surface area (TPSA) is 90.9 Å². The molecule has 3 N–H and O–H groups in total. The number of alkyl halides is 1. The van der Waals surface area contributed by atoms with Crippen LogP contribution < -0.4 is 0 Å². The van der Waals surface area contributed by atoms with Crippen molar-refractivity contribution in [3.63, 3.8) is 0 Å². The van der Waals surface area contributed by atoms with E-state index in [1.807, 2.05) is 6.92 Å². The van der Waals surface area contributed by atoms with Gasteiger partial charge in [-0.3, -0.25) is 9.18 Å². The summed E-state index contributed by atoms with van der Waals surface area (Å²) in [6.07, 6.45) is 3.51. The first-order valence-corrected chi connectivity index (χ1v) is 6.42. The summed E-state index contributed by atoms with van der Waals surface area (Å²) < 4.78 is 14.3. The van der Waals surface area contributed by atoms with Crippen LogP contribution >= 0.6 is 0 Å². The van der Waals surface area contributed by atoms with E-state index in [-0.39, 0.29) is 27.0 Å². The Morgan fingerprint density at radius 1 is 1.30 bits per heavy atom. The molecule has 0 saturated carbocycles. The van der Waals surface area contributed by atoms with Crippen LogP contribution in [0.15, 0.2) is 16.5 Å². The Balaban J connectivity index is -0.000000264. The third kappa shape index (κ3) is 11.8. The molecule has 6 heteroatoms. The molecule has 1 atom stereocenters. The van der Waals surface area contributed by atoms with Crippen molar-refractivity contribution < 1.29 is 30.3 Å². The summed E-state index contributed by atoms with van der Waals surface area (Å²) in [5.41, 5.74) is 0. The molecule has 0 fully saturated rings. The molecular weight excluding hydrogens is 267 g/mol. The molecule has 0 bridgehead atoms. The molecule has 0 amide bonds. The van der Waals surface area contributed by atoms with Crippen molar-refractivity contribution in [2.45, 2.75) is 32.8 Å². The number of hydrogen-bond donors (Lipinski definition) is 3. The van der Waals surface area contributed by atoms with Crippen LogP contribution in [0.4, 0.5) is 4.39 Å². The molecule has 1 unspecified atom stereocenters. The second-order valence-electron chi connectivity index (χ2n) is 4.09. The van der Waals surface area contributed by atoms with E-state index in [4.69, 9.17) is 19.7 Å². The summed E-state index contributed by atoms with van der Waals surface area (Å²) in [4.78, 5) is 9.96. The van der Waals surface area contributed by atoms with Gasteiger partial charge in [0.2, 0.25) is 0 Å². The summed E-state index contributed by atoms with van der Waals surface area (Å²) in [5.74, 6) is 1.06.